The SMILES string of the molecule is CC1(C)CC([O])(Br)CC(C)(C)N1. The molecule has 71 valence electrons. The Bertz CT molecular complexity index is 142. The molecule has 0 aromatic heterocycles. The van der Waals surface area contributed by atoms with Crippen LogP contribution in [0.3, 0.4) is 0 Å². The highest BCUT2D eigenvalue weighted by Crippen LogP contribution is 2.39. The summed E-state index contributed by atoms with van der Waals surface area (Å²) in [6, 6.07) is 0. The highest BCUT2D eigenvalue weighted by Gasteiger charge is 2.45. The zero-order chi connectivity index (χ0) is 9.62. The maximum atomic E-state index is 11.8. The van der Waals surface area contributed by atoms with Gasteiger partial charge in [-0.15, -0.1) is 0 Å². The molecule has 1 fully saturated rings. The second-order valence-electron chi connectivity index (χ2n) is 5.13. The van der Waals surface area contributed by atoms with E-state index in [1.807, 2.05) is 0 Å². The van der Waals surface area contributed by atoms with Crippen LogP contribution in [-0.2, 0) is 5.11 Å². The summed E-state index contributed by atoms with van der Waals surface area (Å²) in [5.74, 6) is 0. The second-order valence-corrected chi connectivity index (χ2v) is 6.57. The van der Waals surface area contributed by atoms with Gasteiger partial charge in [0, 0.05) is 23.9 Å². The molecule has 1 saturated heterocycles. The van der Waals surface area contributed by atoms with Crippen molar-refractivity contribution in [3.05, 3.63) is 0 Å². The van der Waals surface area contributed by atoms with Gasteiger partial charge < -0.3 is 5.32 Å². The van der Waals surface area contributed by atoms with Crippen molar-refractivity contribution in [3.63, 3.8) is 0 Å². The molecule has 0 saturated carbocycles. The number of piperidine rings is 1. The average molecular weight is 235 g/mol. The topological polar surface area (TPSA) is 31.9 Å². The van der Waals surface area contributed by atoms with Gasteiger partial charge in [-0.3, -0.25) is 0 Å². The van der Waals surface area contributed by atoms with Gasteiger partial charge in [0.2, 0.25) is 0 Å². The summed E-state index contributed by atoms with van der Waals surface area (Å²) in [4.78, 5) is 0. The molecule has 12 heavy (non-hydrogen) atoms. The Kier molecular flexibility index (Phi) is 2.35. The van der Waals surface area contributed by atoms with Crippen molar-refractivity contribution in [1.82, 2.24) is 5.32 Å². The summed E-state index contributed by atoms with van der Waals surface area (Å²) < 4.78 is -0.953. The fraction of sp³-hybridized carbons (Fsp3) is 1.00. The van der Waals surface area contributed by atoms with Gasteiger partial charge in [-0.25, -0.2) is 5.11 Å². The zero-order valence-corrected chi connectivity index (χ0v) is 9.79. The molecule has 1 heterocycles. The van der Waals surface area contributed by atoms with Crippen LogP contribution in [0.15, 0.2) is 0 Å². The monoisotopic (exact) mass is 234 g/mol. The minimum Gasteiger partial charge on any atom is -0.307 e. The van der Waals surface area contributed by atoms with Crippen molar-refractivity contribution < 1.29 is 5.11 Å². The minimum atomic E-state index is -0.953. The third kappa shape index (κ3) is 2.71. The average Bonchev–Trinajstić information content (AvgIpc) is 1.44. The lowest BCUT2D eigenvalue weighted by Crippen LogP contribution is -2.61. The van der Waals surface area contributed by atoms with Gasteiger partial charge in [-0.2, -0.15) is 0 Å². The van der Waals surface area contributed by atoms with Gasteiger partial charge in [0.15, 0.2) is 4.51 Å². The molecule has 0 bridgehead atoms. The lowest BCUT2D eigenvalue weighted by Gasteiger charge is -2.47. The van der Waals surface area contributed by atoms with Crippen molar-refractivity contribution in [3.8, 4) is 0 Å². The van der Waals surface area contributed by atoms with Crippen LogP contribution in [0.5, 0.6) is 0 Å². The summed E-state index contributed by atoms with van der Waals surface area (Å²) >= 11 is 3.25. The van der Waals surface area contributed by atoms with Crippen LogP contribution in [0.2, 0.25) is 0 Å². The van der Waals surface area contributed by atoms with E-state index in [0.29, 0.717) is 12.8 Å². The van der Waals surface area contributed by atoms with Gasteiger partial charge in [0.1, 0.15) is 0 Å². The fourth-order valence-corrected chi connectivity index (χ4v) is 3.79. The minimum absolute atomic E-state index is 0.0625. The van der Waals surface area contributed by atoms with Crippen molar-refractivity contribution >= 4 is 15.9 Å². The lowest BCUT2D eigenvalue weighted by atomic mass is 9.81. The molecular formula is C9H17BrNO. The largest absolute Gasteiger partial charge is 0.307 e. The Morgan fingerprint density at radius 1 is 1.08 bits per heavy atom. The Morgan fingerprint density at radius 3 is 1.67 bits per heavy atom. The quantitative estimate of drug-likeness (QED) is 0.642. The molecule has 0 amide bonds. The van der Waals surface area contributed by atoms with Crippen LogP contribution < -0.4 is 5.32 Å². The molecule has 0 atom stereocenters. The first-order valence-corrected chi connectivity index (χ1v) is 5.10. The van der Waals surface area contributed by atoms with Gasteiger partial charge in [-0.1, -0.05) is 15.9 Å². The first kappa shape index (κ1) is 10.5. The Labute approximate surface area is 82.9 Å². The number of alkyl halides is 1. The first-order chi connectivity index (χ1) is 5.12. The maximum Gasteiger partial charge on any atom is 0.161 e. The van der Waals surface area contributed by atoms with Crippen LogP contribution >= 0.6 is 15.9 Å². The third-order valence-corrected chi connectivity index (χ3v) is 2.65. The Hall–Kier alpha value is 0.400. The zero-order valence-electron chi connectivity index (χ0n) is 8.20. The molecule has 1 aliphatic rings. The Balaban J connectivity index is 2.81. The number of halogens is 1. The third-order valence-electron chi connectivity index (χ3n) is 2.09. The van der Waals surface area contributed by atoms with Crippen molar-refractivity contribution in [2.75, 3.05) is 0 Å². The molecule has 2 nitrogen and oxygen atoms in total. The standard InChI is InChI=1S/C9H17BrNO/c1-7(2)5-9(10,12)6-8(3,4)11-7/h11H,5-6H2,1-4H3. The molecule has 0 unspecified atom stereocenters. The molecule has 3 heteroatoms. The maximum absolute atomic E-state index is 11.8. The van der Waals surface area contributed by atoms with E-state index in [1.165, 1.54) is 0 Å². The van der Waals surface area contributed by atoms with Crippen LogP contribution in [0.25, 0.3) is 0 Å². The summed E-state index contributed by atoms with van der Waals surface area (Å²) in [6.07, 6.45) is 1.26. The van der Waals surface area contributed by atoms with Crippen LogP contribution in [0.4, 0.5) is 0 Å². The number of hydrogen-bond acceptors (Lipinski definition) is 1. The number of rotatable bonds is 0. The predicted molar refractivity (Wildman–Crippen MR) is 52.9 cm³/mol. The van der Waals surface area contributed by atoms with Crippen LogP contribution in [-0.4, -0.2) is 15.6 Å². The van der Waals surface area contributed by atoms with E-state index in [4.69, 9.17) is 0 Å². The van der Waals surface area contributed by atoms with Crippen molar-refractivity contribution in [2.24, 2.45) is 0 Å². The molecule has 1 aliphatic heterocycles. The van der Waals surface area contributed by atoms with E-state index in [1.54, 1.807) is 0 Å². The molecule has 1 N–H and O–H groups in total. The highest BCUT2D eigenvalue weighted by molar-refractivity contribution is 9.10. The molecule has 0 aromatic rings. The first-order valence-electron chi connectivity index (χ1n) is 4.31. The summed E-state index contributed by atoms with van der Waals surface area (Å²) in [5.41, 5.74) is -0.125. The van der Waals surface area contributed by atoms with Crippen LogP contribution in [0, 0.1) is 0 Å². The van der Waals surface area contributed by atoms with Gasteiger partial charge in [0.05, 0.1) is 0 Å². The van der Waals surface area contributed by atoms with Crippen LogP contribution in [0.1, 0.15) is 40.5 Å². The smallest absolute Gasteiger partial charge is 0.161 e. The number of hydrogen-bond donors (Lipinski definition) is 1. The van der Waals surface area contributed by atoms with Crippen molar-refractivity contribution in [1.29, 1.82) is 0 Å². The molecule has 0 aromatic carbocycles. The van der Waals surface area contributed by atoms with Gasteiger partial charge in [0.25, 0.3) is 0 Å². The lowest BCUT2D eigenvalue weighted by molar-refractivity contribution is -0.0287. The fourth-order valence-electron chi connectivity index (χ4n) is 2.39. The van der Waals surface area contributed by atoms with Gasteiger partial charge >= 0.3 is 0 Å². The number of nitrogens with one attached hydrogen (secondary N) is 1. The second kappa shape index (κ2) is 2.69. The van der Waals surface area contributed by atoms with E-state index < -0.39 is 4.51 Å². The van der Waals surface area contributed by atoms with E-state index in [-0.39, 0.29) is 11.1 Å². The van der Waals surface area contributed by atoms with E-state index in [2.05, 4.69) is 48.9 Å². The highest BCUT2D eigenvalue weighted by atomic mass is 79.9. The van der Waals surface area contributed by atoms with Crippen molar-refractivity contribution in [2.45, 2.75) is 56.1 Å². The summed E-state index contributed by atoms with van der Waals surface area (Å²) in [6.45, 7) is 8.28. The molecular weight excluding hydrogens is 218 g/mol. The van der Waals surface area contributed by atoms with E-state index in [0.717, 1.165) is 0 Å². The Morgan fingerprint density at radius 2 is 1.42 bits per heavy atom. The summed E-state index contributed by atoms with van der Waals surface area (Å²) in [7, 11) is 0. The van der Waals surface area contributed by atoms with E-state index in [9.17, 15) is 5.11 Å². The molecule has 1 rings (SSSR count). The normalized spacial score (nSPS) is 31.5. The molecule has 0 spiro atoms. The van der Waals surface area contributed by atoms with E-state index >= 15 is 0 Å². The molecule has 1 radical (unpaired) electrons. The molecule has 0 aliphatic carbocycles. The predicted octanol–water partition coefficient (Wildman–Crippen LogP) is 2.45. The summed E-state index contributed by atoms with van der Waals surface area (Å²) in [5, 5.41) is 15.3. The van der Waals surface area contributed by atoms with Gasteiger partial charge in [-0.05, 0) is 27.7 Å².